The molecular weight excluding hydrogens is 669 g/mol. The van der Waals surface area contributed by atoms with Crippen LogP contribution in [-0.2, 0) is 5.41 Å². The fraction of sp³-hybridized carbons (Fsp3) is 0.0189. The minimum absolute atomic E-state index is 0.581. The highest BCUT2D eigenvalue weighted by Crippen LogP contribution is 2.56. The Morgan fingerprint density at radius 3 is 1.11 bits per heavy atom. The van der Waals surface area contributed by atoms with Crippen molar-refractivity contribution in [2.45, 2.75) is 5.41 Å². The van der Waals surface area contributed by atoms with Crippen LogP contribution in [0.2, 0.25) is 0 Å². The van der Waals surface area contributed by atoms with E-state index in [-0.39, 0.29) is 0 Å². The molecule has 0 amide bonds. The topological polar surface area (TPSA) is 18.5 Å². The van der Waals surface area contributed by atoms with Crippen molar-refractivity contribution in [2.24, 2.45) is 0 Å². The summed E-state index contributed by atoms with van der Waals surface area (Å²) in [6.07, 6.45) is 22.7. The Bertz CT molecular complexity index is 2770. The lowest BCUT2D eigenvalue weighted by molar-refractivity contribution is 0.483. The van der Waals surface area contributed by atoms with Gasteiger partial charge in [-0.1, -0.05) is 109 Å². The van der Waals surface area contributed by atoms with E-state index in [1.165, 1.54) is 33.4 Å². The van der Waals surface area contributed by atoms with E-state index in [4.69, 9.17) is 35.2 Å². The number of terminal acetylenes is 4. The number of rotatable bonds is 6. The van der Waals surface area contributed by atoms with Crippen LogP contribution in [0.15, 0.2) is 158 Å². The van der Waals surface area contributed by atoms with Crippen molar-refractivity contribution in [3.05, 3.63) is 202 Å². The summed E-state index contributed by atoms with van der Waals surface area (Å²) in [5.41, 5.74) is 9.39. The molecule has 9 rings (SSSR count). The molecule has 0 atom stereocenters. The number of fused-ring (bicyclic) bond motifs is 5. The zero-order valence-electron chi connectivity index (χ0n) is 29.6. The van der Waals surface area contributed by atoms with Crippen LogP contribution in [0.3, 0.4) is 0 Å². The first-order valence-electron chi connectivity index (χ1n) is 17.8. The summed E-state index contributed by atoms with van der Waals surface area (Å²) in [4.78, 5) is 0. The molecule has 0 fully saturated rings. The predicted octanol–water partition coefficient (Wildman–Crippen LogP) is 11.9. The van der Waals surface area contributed by atoms with Crippen LogP contribution in [0.5, 0.6) is 23.0 Å². The monoisotopic (exact) mass is 698 g/mol. The van der Waals surface area contributed by atoms with Crippen LogP contribution < -0.4 is 9.47 Å². The molecule has 0 heterocycles. The van der Waals surface area contributed by atoms with E-state index in [1.54, 1.807) is 12.1 Å². The van der Waals surface area contributed by atoms with E-state index in [0.717, 1.165) is 21.5 Å². The van der Waals surface area contributed by atoms with Gasteiger partial charge in [0.2, 0.25) is 0 Å². The van der Waals surface area contributed by atoms with Gasteiger partial charge < -0.3 is 9.47 Å². The standard InChI is InChI=1S/C53H30O2/c1-5-35-25-36(6-2)28-47(27-35)54-45-23-19-39-31-43(21-17-41(39)33-45)53(51-15-11-9-13-49(51)50-14-10-12-16-52(50)53)44-22-18-42-34-46(24-20-40(42)32-44)55-48-29-37(7-3)26-38(8-4)30-48/h1-4,9-34H. The molecule has 55 heavy (non-hydrogen) atoms. The average molecular weight is 699 g/mol. The maximum absolute atomic E-state index is 6.27. The van der Waals surface area contributed by atoms with Gasteiger partial charge in [0.05, 0.1) is 5.41 Å². The Balaban J connectivity index is 1.16. The average Bonchev–Trinajstić information content (AvgIpc) is 3.54. The van der Waals surface area contributed by atoms with E-state index in [2.05, 4.69) is 121 Å². The van der Waals surface area contributed by atoms with Gasteiger partial charge in [-0.05, 0) is 128 Å². The highest BCUT2D eigenvalue weighted by Gasteiger charge is 2.46. The van der Waals surface area contributed by atoms with Crippen molar-refractivity contribution < 1.29 is 9.47 Å². The molecule has 0 radical (unpaired) electrons. The summed E-state index contributed by atoms with van der Waals surface area (Å²) in [6, 6.07) is 54.1. The van der Waals surface area contributed by atoms with Crippen LogP contribution >= 0.6 is 0 Å². The van der Waals surface area contributed by atoms with Gasteiger partial charge >= 0.3 is 0 Å². The summed E-state index contributed by atoms with van der Waals surface area (Å²) in [7, 11) is 0. The second kappa shape index (κ2) is 13.3. The molecule has 2 heteroatoms. The second-order valence-corrected chi connectivity index (χ2v) is 13.6. The smallest absolute Gasteiger partial charge is 0.129 e. The van der Waals surface area contributed by atoms with Crippen molar-refractivity contribution in [3.8, 4) is 83.5 Å². The van der Waals surface area contributed by atoms with Crippen molar-refractivity contribution in [1.29, 1.82) is 0 Å². The molecular formula is C53H30O2. The molecule has 1 aliphatic carbocycles. The number of hydrogen-bond acceptors (Lipinski definition) is 2. The normalized spacial score (nSPS) is 12.1. The van der Waals surface area contributed by atoms with Gasteiger partial charge in [0, 0.05) is 22.3 Å². The fourth-order valence-corrected chi connectivity index (χ4v) is 7.99. The molecule has 8 aromatic rings. The lowest BCUT2D eigenvalue weighted by Gasteiger charge is -2.34. The van der Waals surface area contributed by atoms with Crippen LogP contribution in [0.25, 0.3) is 32.7 Å². The Morgan fingerprint density at radius 2 is 0.709 bits per heavy atom. The largest absolute Gasteiger partial charge is 0.457 e. The summed E-state index contributed by atoms with van der Waals surface area (Å²) < 4.78 is 12.5. The van der Waals surface area contributed by atoms with E-state index >= 15 is 0 Å². The number of benzene rings is 8. The van der Waals surface area contributed by atoms with E-state index in [0.29, 0.717) is 45.3 Å². The highest BCUT2D eigenvalue weighted by molar-refractivity contribution is 5.92. The minimum Gasteiger partial charge on any atom is -0.457 e. The first-order chi connectivity index (χ1) is 27.0. The third kappa shape index (κ3) is 5.64. The van der Waals surface area contributed by atoms with Gasteiger partial charge in [0.25, 0.3) is 0 Å². The van der Waals surface area contributed by atoms with Gasteiger partial charge in [-0.3, -0.25) is 0 Å². The van der Waals surface area contributed by atoms with Gasteiger partial charge in [-0.15, -0.1) is 25.7 Å². The Labute approximate surface area is 321 Å². The molecule has 0 N–H and O–H groups in total. The zero-order valence-corrected chi connectivity index (χ0v) is 29.6. The van der Waals surface area contributed by atoms with Crippen molar-refractivity contribution in [2.75, 3.05) is 0 Å². The zero-order chi connectivity index (χ0) is 37.5. The number of hydrogen-bond donors (Lipinski definition) is 0. The maximum atomic E-state index is 6.27. The summed E-state index contributed by atoms with van der Waals surface area (Å²) in [5.74, 6) is 13.2. The van der Waals surface area contributed by atoms with Gasteiger partial charge in [0.15, 0.2) is 0 Å². The Hall–Kier alpha value is -7.88. The second-order valence-electron chi connectivity index (χ2n) is 13.6. The van der Waals surface area contributed by atoms with Gasteiger partial charge in [-0.25, -0.2) is 0 Å². The maximum Gasteiger partial charge on any atom is 0.129 e. The lowest BCUT2D eigenvalue weighted by Crippen LogP contribution is -2.28. The Morgan fingerprint density at radius 1 is 0.345 bits per heavy atom. The molecule has 0 spiro atoms. The molecule has 0 saturated heterocycles. The third-order valence-electron chi connectivity index (χ3n) is 10.4. The summed E-state index contributed by atoms with van der Waals surface area (Å²) in [5, 5.41) is 4.29. The van der Waals surface area contributed by atoms with E-state index < -0.39 is 5.41 Å². The Kier molecular flexibility index (Phi) is 7.96. The third-order valence-corrected chi connectivity index (χ3v) is 10.4. The van der Waals surface area contributed by atoms with Crippen LogP contribution in [-0.4, -0.2) is 0 Å². The molecule has 0 bridgehead atoms. The SMILES string of the molecule is C#Cc1cc(C#C)cc(Oc2ccc3cc(C4(c5ccc6cc(Oc7cc(C#C)cc(C#C)c7)ccc6c5)c5ccccc5-c5ccccc54)ccc3c2)c1. The highest BCUT2D eigenvalue weighted by atomic mass is 16.5. The molecule has 1 aliphatic rings. The summed E-state index contributed by atoms with van der Waals surface area (Å²) >= 11 is 0. The van der Waals surface area contributed by atoms with Crippen molar-refractivity contribution in [1.82, 2.24) is 0 Å². The van der Waals surface area contributed by atoms with Gasteiger partial charge in [0.1, 0.15) is 23.0 Å². The van der Waals surface area contributed by atoms with E-state index in [1.807, 2.05) is 48.5 Å². The van der Waals surface area contributed by atoms with Crippen LogP contribution in [0, 0.1) is 49.4 Å². The molecule has 254 valence electrons. The molecule has 0 aromatic heterocycles. The van der Waals surface area contributed by atoms with E-state index in [9.17, 15) is 0 Å². The van der Waals surface area contributed by atoms with Gasteiger partial charge in [-0.2, -0.15) is 0 Å². The molecule has 0 unspecified atom stereocenters. The quantitative estimate of drug-likeness (QED) is 0.161. The first-order valence-corrected chi connectivity index (χ1v) is 17.8. The molecule has 8 aromatic carbocycles. The first kappa shape index (κ1) is 33.0. The molecule has 0 saturated carbocycles. The molecule has 0 aliphatic heterocycles. The number of ether oxygens (including phenoxy) is 2. The lowest BCUT2D eigenvalue weighted by atomic mass is 9.67. The summed E-state index contributed by atoms with van der Waals surface area (Å²) in [6.45, 7) is 0. The predicted molar refractivity (Wildman–Crippen MR) is 224 cm³/mol. The van der Waals surface area contributed by atoms with Crippen LogP contribution in [0.4, 0.5) is 0 Å². The fourth-order valence-electron chi connectivity index (χ4n) is 7.99. The van der Waals surface area contributed by atoms with Crippen LogP contribution in [0.1, 0.15) is 44.5 Å². The van der Waals surface area contributed by atoms with Crippen molar-refractivity contribution in [3.63, 3.8) is 0 Å². The molecule has 2 nitrogen and oxygen atoms in total. The van der Waals surface area contributed by atoms with Crippen molar-refractivity contribution >= 4 is 21.5 Å². The minimum atomic E-state index is -0.581.